The van der Waals surface area contributed by atoms with Gasteiger partial charge in [-0.3, -0.25) is 9.59 Å². The maximum atomic E-state index is 12.1. The van der Waals surface area contributed by atoms with Crippen molar-refractivity contribution in [2.75, 3.05) is 6.54 Å². The number of nitrogens with one attached hydrogen (secondary N) is 2. The first-order chi connectivity index (χ1) is 10.7. The number of nitriles is 1. The largest absolute Gasteiger partial charge is 0.343 e. The second-order valence-electron chi connectivity index (χ2n) is 6.03. The van der Waals surface area contributed by atoms with E-state index in [1.54, 1.807) is 6.07 Å². The Hall–Kier alpha value is -2.35. The van der Waals surface area contributed by atoms with E-state index >= 15 is 0 Å². The molecule has 1 fully saturated rings. The Balaban J connectivity index is 1.51. The van der Waals surface area contributed by atoms with Gasteiger partial charge in [0.2, 0.25) is 5.91 Å². The molecule has 0 aromatic heterocycles. The summed E-state index contributed by atoms with van der Waals surface area (Å²) in [4.78, 5) is 23.9. The Labute approximate surface area is 129 Å². The molecule has 2 aliphatic carbocycles. The lowest BCUT2D eigenvalue weighted by atomic mass is 10.1. The number of nitrogens with zero attached hydrogens (tertiary/aromatic N) is 1. The maximum Gasteiger partial charge on any atom is 0.251 e. The van der Waals surface area contributed by atoms with Crippen LogP contribution >= 0.6 is 0 Å². The van der Waals surface area contributed by atoms with Crippen molar-refractivity contribution in [1.29, 1.82) is 5.26 Å². The number of carbonyl (C=O) groups excluding carboxylic acids is 2. The molecule has 0 aliphatic heterocycles. The molecule has 2 aliphatic rings. The molecule has 0 spiro atoms. The molecule has 0 saturated heterocycles. The highest BCUT2D eigenvalue weighted by molar-refractivity contribution is 5.96. The molecule has 2 amide bonds. The fraction of sp³-hybridized carbons (Fsp3) is 0.471. The average Bonchev–Trinajstić information content (AvgIpc) is 3.26. The molecule has 1 saturated carbocycles. The highest BCUT2D eigenvalue weighted by Crippen LogP contribution is 2.32. The lowest BCUT2D eigenvalue weighted by Gasteiger charge is -2.11. The van der Waals surface area contributed by atoms with Gasteiger partial charge in [-0.1, -0.05) is 6.07 Å². The van der Waals surface area contributed by atoms with Crippen molar-refractivity contribution in [2.24, 2.45) is 5.92 Å². The summed E-state index contributed by atoms with van der Waals surface area (Å²) < 4.78 is 0. The molecular formula is C17H19N3O2. The molecule has 3 rings (SSSR count). The SMILES string of the molecule is N#C[C@@H](NC(=O)CNC(=O)c1ccc2c(c1)CCC2)C1CC1. The summed E-state index contributed by atoms with van der Waals surface area (Å²) >= 11 is 0. The average molecular weight is 297 g/mol. The van der Waals surface area contributed by atoms with Gasteiger partial charge in [0, 0.05) is 5.56 Å². The molecule has 1 aromatic rings. The van der Waals surface area contributed by atoms with Gasteiger partial charge in [-0.25, -0.2) is 0 Å². The van der Waals surface area contributed by atoms with Gasteiger partial charge in [0.25, 0.3) is 5.91 Å². The Morgan fingerprint density at radius 2 is 2.05 bits per heavy atom. The minimum atomic E-state index is -0.426. The third-order valence-corrected chi connectivity index (χ3v) is 4.32. The van der Waals surface area contributed by atoms with E-state index in [9.17, 15) is 9.59 Å². The monoisotopic (exact) mass is 297 g/mol. The van der Waals surface area contributed by atoms with E-state index < -0.39 is 6.04 Å². The van der Waals surface area contributed by atoms with E-state index in [2.05, 4.69) is 16.7 Å². The van der Waals surface area contributed by atoms with Crippen LogP contribution in [0.5, 0.6) is 0 Å². The number of aryl methyl sites for hydroxylation is 2. The minimum Gasteiger partial charge on any atom is -0.343 e. The van der Waals surface area contributed by atoms with E-state index in [1.807, 2.05) is 12.1 Å². The van der Waals surface area contributed by atoms with E-state index in [0.29, 0.717) is 5.56 Å². The normalized spacial score (nSPS) is 17.2. The summed E-state index contributed by atoms with van der Waals surface area (Å²) in [6.45, 7) is -0.0964. The first-order valence-electron chi connectivity index (χ1n) is 7.76. The van der Waals surface area contributed by atoms with Crippen molar-refractivity contribution in [3.8, 4) is 6.07 Å². The third-order valence-electron chi connectivity index (χ3n) is 4.32. The predicted octanol–water partition coefficient (Wildman–Crippen LogP) is 1.32. The molecule has 0 heterocycles. The summed E-state index contributed by atoms with van der Waals surface area (Å²) in [6.07, 6.45) is 5.21. The number of carbonyl (C=O) groups is 2. The van der Waals surface area contributed by atoms with Gasteiger partial charge in [-0.15, -0.1) is 0 Å². The lowest BCUT2D eigenvalue weighted by Crippen LogP contribution is -2.42. The van der Waals surface area contributed by atoms with Crippen LogP contribution in [0, 0.1) is 17.2 Å². The zero-order chi connectivity index (χ0) is 15.5. The number of hydrogen-bond donors (Lipinski definition) is 2. The number of hydrogen-bond acceptors (Lipinski definition) is 3. The first-order valence-corrected chi connectivity index (χ1v) is 7.76. The van der Waals surface area contributed by atoms with Gasteiger partial charge in [-0.05, 0) is 61.3 Å². The highest BCUT2D eigenvalue weighted by Gasteiger charge is 2.32. The fourth-order valence-corrected chi connectivity index (χ4v) is 2.89. The standard InChI is InChI=1S/C17H19N3O2/c18-9-15(12-5-6-12)20-16(21)10-19-17(22)14-7-4-11-2-1-3-13(11)8-14/h4,7-8,12,15H,1-3,5-6,10H2,(H,19,22)(H,20,21)/t15-/m1/s1. The summed E-state index contributed by atoms with van der Waals surface area (Å²) in [5.74, 6) is -0.279. The van der Waals surface area contributed by atoms with Gasteiger partial charge in [-0.2, -0.15) is 5.26 Å². The lowest BCUT2D eigenvalue weighted by molar-refractivity contribution is -0.120. The van der Waals surface area contributed by atoms with Crippen molar-refractivity contribution in [2.45, 2.75) is 38.1 Å². The van der Waals surface area contributed by atoms with Crippen LogP contribution in [0.1, 0.15) is 40.7 Å². The van der Waals surface area contributed by atoms with Gasteiger partial charge < -0.3 is 10.6 Å². The maximum absolute atomic E-state index is 12.1. The second kappa shape index (κ2) is 6.18. The molecule has 5 nitrogen and oxygen atoms in total. The van der Waals surface area contributed by atoms with Crippen LogP contribution in [0.25, 0.3) is 0 Å². The van der Waals surface area contributed by atoms with E-state index in [-0.39, 0.29) is 24.3 Å². The summed E-state index contributed by atoms with van der Waals surface area (Å²) in [7, 11) is 0. The van der Waals surface area contributed by atoms with Gasteiger partial charge >= 0.3 is 0 Å². The van der Waals surface area contributed by atoms with Crippen molar-refractivity contribution in [3.05, 3.63) is 34.9 Å². The van der Waals surface area contributed by atoms with Gasteiger partial charge in [0.05, 0.1) is 12.6 Å². The number of amides is 2. The van der Waals surface area contributed by atoms with Crippen LogP contribution in [0.4, 0.5) is 0 Å². The van der Waals surface area contributed by atoms with Crippen molar-refractivity contribution >= 4 is 11.8 Å². The molecule has 0 unspecified atom stereocenters. The second-order valence-corrected chi connectivity index (χ2v) is 6.03. The molecule has 114 valence electrons. The highest BCUT2D eigenvalue weighted by atomic mass is 16.2. The minimum absolute atomic E-state index is 0.0964. The van der Waals surface area contributed by atoms with Crippen LogP contribution < -0.4 is 10.6 Å². The Bertz CT molecular complexity index is 644. The topological polar surface area (TPSA) is 82.0 Å². The molecule has 0 radical (unpaired) electrons. The molecule has 5 heteroatoms. The number of benzene rings is 1. The van der Waals surface area contributed by atoms with E-state index in [4.69, 9.17) is 5.26 Å². The molecule has 22 heavy (non-hydrogen) atoms. The summed E-state index contributed by atoms with van der Waals surface area (Å²) in [5.41, 5.74) is 3.14. The van der Waals surface area contributed by atoms with E-state index in [1.165, 1.54) is 11.1 Å². The zero-order valence-corrected chi connectivity index (χ0v) is 12.4. The molecule has 0 bridgehead atoms. The zero-order valence-electron chi connectivity index (χ0n) is 12.4. The Morgan fingerprint density at radius 3 is 2.77 bits per heavy atom. The third kappa shape index (κ3) is 3.28. The molecular weight excluding hydrogens is 278 g/mol. The van der Waals surface area contributed by atoms with Crippen LogP contribution in [-0.4, -0.2) is 24.4 Å². The molecule has 1 atom stereocenters. The molecule has 2 N–H and O–H groups in total. The van der Waals surface area contributed by atoms with Crippen LogP contribution in [0.15, 0.2) is 18.2 Å². The number of fused-ring (bicyclic) bond motifs is 1. The fourth-order valence-electron chi connectivity index (χ4n) is 2.89. The first kappa shape index (κ1) is 14.6. The van der Waals surface area contributed by atoms with Crippen molar-refractivity contribution < 1.29 is 9.59 Å². The van der Waals surface area contributed by atoms with Crippen LogP contribution in [0.2, 0.25) is 0 Å². The van der Waals surface area contributed by atoms with Gasteiger partial charge in [0.1, 0.15) is 6.04 Å². The summed E-state index contributed by atoms with van der Waals surface area (Å²) in [6, 6.07) is 7.39. The van der Waals surface area contributed by atoms with Crippen LogP contribution in [-0.2, 0) is 17.6 Å². The van der Waals surface area contributed by atoms with Crippen LogP contribution in [0.3, 0.4) is 0 Å². The number of rotatable bonds is 5. The smallest absolute Gasteiger partial charge is 0.251 e. The van der Waals surface area contributed by atoms with Crippen molar-refractivity contribution in [1.82, 2.24) is 10.6 Å². The van der Waals surface area contributed by atoms with E-state index in [0.717, 1.165) is 32.1 Å². The van der Waals surface area contributed by atoms with Gasteiger partial charge in [0.15, 0.2) is 0 Å². The van der Waals surface area contributed by atoms with Crippen molar-refractivity contribution in [3.63, 3.8) is 0 Å². The molecule has 1 aromatic carbocycles. The Kier molecular flexibility index (Phi) is 4.10. The predicted molar refractivity (Wildman–Crippen MR) is 81.1 cm³/mol. The Morgan fingerprint density at radius 1 is 1.27 bits per heavy atom. The summed E-state index contributed by atoms with van der Waals surface area (Å²) in [5, 5.41) is 14.3. The quantitative estimate of drug-likeness (QED) is 0.860.